The van der Waals surface area contributed by atoms with Crippen LogP contribution in [0.2, 0.25) is 0 Å². The van der Waals surface area contributed by atoms with Crippen molar-refractivity contribution in [2.24, 2.45) is 0 Å². The van der Waals surface area contributed by atoms with E-state index in [1.165, 1.54) is 12.1 Å². The summed E-state index contributed by atoms with van der Waals surface area (Å²) >= 11 is 3.37. The van der Waals surface area contributed by atoms with E-state index in [1.54, 1.807) is 11.0 Å². The van der Waals surface area contributed by atoms with Crippen molar-refractivity contribution in [2.75, 3.05) is 11.4 Å². The van der Waals surface area contributed by atoms with Crippen molar-refractivity contribution in [1.82, 2.24) is 0 Å². The van der Waals surface area contributed by atoms with Crippen LogP contribution in [0.1, 0.15) is 18.4 Å². The number of benzene rings is 1. The molecule has 1 amide bonds. The van der Waals surface area contributed by atoms with Crippen LogP contribution in [0.3, 0.4) is 0 Å². The third-order valence-electron chi connectivity index (χ3n) is 2.82. The van der Waals surface area contributed by atoms with Crippen LogP contribution in [0.25, 0.3) is 0 Å². The molecule has 0 bridgehead atoms. The highest BCUT2D eigenvalue weighted by Crippen LogP contribution is 2.27. The first-order valence-electron chi connectivity index (χ1n) is 5.31. The topological polar surface area (TPSA) is 20.3 Å². The minimum Gasteiger partial charge on any atom is -0.311 e. The van der Waals surface area contributed by atoms with E-state index in [-0.39, 0.29) is 16.6 Å². The lowest BCUT2D eigenvalue weighted by molar-refractivity contribution is -0.118. The van der Waals surface area contributed by atoms with E-state index in [1.807, 2.05) is 6.92 Å². The van der Waals surface area contributed by atoms with Crippen LogP contribution in [0, 0.1) is 12.7 Å². The molecule has 1 fully saturated rings. The Morgan fingerprint density at radius 1 is 1.50 bits per heavy atom. The molecule has 0 radical (unpaired) electrons. The Morgan fingerprint density at radius 2 is 2.25 bits per heavy atom. The molecular weight excluding hydrogens is 273 g/mol. The van der Waals surface area contributed by atoms with Gasteiger partial charge in [-0.05, 0) is 43.5 Å². The van der Waals surface area contributed by atoms with E-state index in [2.05, 4.69) is 15.9 Å². The second kappa shape index (κ2) is 4.53. The van der Waals surface area contributed by atoms with Crippen molar-refractivity contribution < 1.29 is 9.18 Å². The van der Waals surface area contributed by atoms with Gasteiger partial charge in [0.05, 0.1) is 4.83 Å². The van der Waals surface area contributed by atoms with Crippen molar-refractivity contribution in [3.05, 3.63) is 29.6 Å². The van der Waals surface area contributed by atoms with Crippen molar-refractivity contribution in [3.8, 4) is 0 Å². The maximum absolute atomic E-state index is 13.0. The van der Waals surface area contributed by atoms with Crippen LogP contribution >= 0.6 is 15.9 Å². The number of amides is 1. The van der Waals surface area contributed by atoms with Gasteiger partial charge in [-0.15, -0.1) is 0 Å². The van der Waals surface area contributed by atoms with Crippen molar-refractivity contribution >= 4 is 27.5 Å². The predicted molar refractivity (Wildman–Crippen MR) is 65.4 cm³/mol. The molecule has 4 heteroatoms. The number of alkyl halides is 1. The van der Waals surface area contributed by atoms with Gasteiger partial charge < -0.3 is 4.90 Å². The lowest BCUT2D eigenvalue weighted by Gasteiger charge is -2.30. The quantitative estimate of drug-likeness (QED) is 0.727. The number of nitrogens with zero attached hydrogens (tertiary/aromatic N) is 1. The van der Waals surface area contributed by atoms with Gasteiger partial charge in [-0.2, -0.15) is 0 Å². The summed E-state index contributed by atoms with van der Waals surface area (Å²) in [6, 6.07) is 4.53. The van der Waals surface area contributed by atoms with Crippen molar-refractivity contribution in [2.45, 2.75) is 24.6 Å². The number of hydrogen-bond acceptors (Lipinski definition) is 1. The number of hydrogen-bond donors (Lipinski definition) is 0. The molecule has 2 nitrogen and oxygen atoms in total. The second-order valence-corrected chi connectivity index (χ2v) is 5.14. The minimum atomic E-state index is -0.263. The molecule has 86 valence electrons. The Hall–Kier alpha value is -0.900. The van der Waals surface area contributed by atoms with Gasteiger partial charge >= 0.3 is 0 Å². The Labute approximate surface area is 103 Å². The fraction of sp³-hybridized carbons (Fsp3) is 0.417. The largest absolute Gasteiger partial charge is 0.311 e. The fourth-order valence-corrected chi connectivity index (χ4v) is 2.56. The van der Waals surface area contributed by atoms with Crippen LogP contribution in [0.5, 0.6) is 0 Å². The zero-order chi connectivity index (χ0) is 11.7. The summed E-state index contributed by atoms with van der Waals surface area (Å²) in [5, 5.41) is 0. The number of anilines is 1. The standard InChI is InChI=1S/C12H13BrFNO/c1-8-7-9(14)4-5-11(8)15-6-2-3-10(13)12(15)16/h4-5,7,10H,2-3,6H2,1H3/t10-/m1/s1. The first kappa shape index (κ1) is 11.6. The number of halogens is 2. The smallest absolute Gasteiger partial charge is 0.240 e. The van der Waals surface area contributed by atoms with Crippen LogP contribution < -0.4 is 4.90 Å². The molecule has 0 spiro atoms. The first-order valence-corrected chi connectivity index (χ1v) is 6.23. The van der Waals surface area contributed by atoms with Gasteiger partial charge in [0.25, 0.3) is 0 Å². The van der Waals surface area contributed by atoms with Gasteiger partial charge in [0.2, 0.25) is 5.91 Å². The van der Waals surface area contributed by atoms with Crippen molar-refractivity contribution in [3.63, 3.8) is 0 Å². The molecule has 0 aromatic heterocycles. The van der Waals surface area contributed by atoms with Crippen LogP contribution in [-0.2, 0) is 4.79 Å². The summed E-state index contributed by atoms with van der Waals surface area (Å²) in [5.74, 6) is -0.193. The summed E-state index contributed by atoms with van der Waals surface area (Å²) in [5.41, 5.74) is 1.62. The maximum Gasteiger partial charge on any atom is 0.240 e. The summed E-state index contributed by atoms with van der Waals surface area (Å²) in [6.07, 6.45) is 1.84. The lowest BCUT2D eigenvalue weighted by atomic mass is 10.1. The molecule has 1 aliphatic rings. The molecular formula is C12H13BrFNO. The predicted octanol–water partition coefficient (Wildman–Crippen LogP) is 3.02. The third kappa shape index (κ3) is 2.12. The summed E-state index contributed by atoms with van der Waals surface area (Å²) in [6.45, 7) is 2.54. The van der Waals surface area contributed by atoms with Gasteiger partial charge in [-0.25, -0.2) is 4.39 Å². The molecule has 16 heavy (non-hydrogen) atoms. The molecule has 0 saturated carbocycles. The number of aryl methyl sites for hydroxylation is 1. The number of piperidine rings is 1. The zero-order valence-corrected chi connectivity index (χ0v) is 10.6. The molecule has 0 unspecified atom stereocenters. The summed E-state index contributed by atoms with van der Waals surface area (Å²) in [7, 11) is 0. The van der Waals surface area contributed by atoms with E-state index < -0.39 is 0 Å². The normalized spacial score (nSPS) is 21.3. The number of rotatable bonds is 1. The van der Waals surface area contributed by atoms with Crippen LogP contribution in [0.15, 0.2) is 18.2 Å². The third-order valence-corrected chi connectivity index (χ3v) is 3.67. The monoisotopic (exact) mass is 285 g/mol. The Morgan fingerprint density at radius 3 is 2.94 bits per heavy atom. The van der Waals surface area contributed by atoms with Gasteiger partial charge in [-0.3, -0.25) is 4.79 Å². The fourth-order valence-electron chi connectivity index (χ4n) is 1.99. The van der Waals surface area contributed by atoms with Gasteiger partial charge in [0, 0.05) is 12.2 Å². The highest BCUT2D eigenvalue weighted by atomic mass is 79.9. The van der Waals surface area contributed by atoms with Crippen LogP contribution in [0.4, 0.5) is 10.1 Å². The average molecular weight is 286 g/mol. The molecule has 1 atom stereocenters. The molecule has 0 aliphatic carbocycles. The number of carbonyl (C=O) groups is 1. The molecule has 1 heterocycles. The first-order chi connectivity index (χ1) is 7.59. The van der Waals surface area contributed by atoms with E-state index in [0.717, 1.165) is 24.1 Å². The van der Waals surface area contributed by atoms with E-state index in [9.17, 15) is 9.18 Å². The number of carbonyl (C=O) groups excluding carboxylic acids is 1. The van der Waals surface area contributed by atoms with Crippen LogP contribution in [-0.4, -0.2) is 17.3 Å². The minimum absolute atomic E-state index is 0.0703. The maximum atomic E-state index is 13.0. The molecule has 1 aromatic rings. The van der Waals surface area contributed by atoms with E-state index in [0.29, 0.717) is 6.54 Å². The van der Waals surface area contributed by atoms with Gasteiger partial charge in [0.1, 0.15) is 5.82 Å². The SMILES string of the molecule is Cc1cc(F)ccc1N1CCC[C@@H](Br)C1=O. The average Bonchev–Trinajstić information content (AvgIpc) is 2.23. The van der Waals surface area contributed by atoms with E-state index >= 15 is 0 Å². The molecule has 1 aromatic carbocycles. The molecule has 1 saturated heterocycles. The summed E-state index contributed by atoms with van der Waals surface area (Å²) in [4.78, 5) is 13.6. The van der Waals surface area contributed by atoms with E-state index in [4.69, 9.17) is 0 Å². The summed E-state index contributed by atoms with van der Waals surface area (Å²) < 4.78 is 13.0. The lowest BCUT2D eigenvalue weighted by Crippen LogP contribution is -2.42. The molecule has 0 N–H and O–H groups in total. The highest BCUT2D eigenvalue weighted by molar-refractivity contribution is 9.10. The van der Waals surface area contributed by atoms with Crippen molar-refractivity contribution in [1.29, 1.82) is 0 Å². The Balaban J connectivity index is 2.32. The molecule has 2 rings (SSSR count). The zero-order valence-electron chi connectivity index (χ0n) is 9.04. The van der Waals surface area contributed by atoms with Gasteiger partial charge in [-0.1, -0.05) is 15.9 Å². The van der Waals surface area contributed by atoms with Gasteiger partial charge in [0.15, 0.2) is 0 Å². The second-order valence-electron chi connectivity index (χ2n) is 4.03. The molecule has 1 aliphatic heterocycles. The Kier molecular flexibility index (Phi) is 3.28. The Bertz CT molecular complexity index is 421. The highest BCUT2D eigenvalue weighted by Gasteiger charge is 2.28.